The van der Waals surface area contributed by atoms with E-state index in [0.29, 0.717) is 0 Å². The van der Waals surface area contributed by atoms with Gasteiger partial charge in [0.2, 0.25) is 0 Å². The summed E-state index contributed by atoms with van der Waals surface area (Å²) in [5, 5.41) is 7.49. The van der Waals surface area contributed by atoms with E-state index in [-0.39, 0.29) is 0 Å². The fourth-order valence-corrected chi connectivity index (χ4v) is 13.7. The van der Waals surface area contributed by atoms with Gasteiger partial charge in [0.05, 0.1) is 32.9 Å². The quantitative estimate of drug-likeness (QED) is 0.158. The zero-order valence-corrected chi connectivity index (χ0v) is 40.5. The van der Waals surface area contributed by atoms with Crippen LogP contribution in [0.5, 0.6) is 0 Å². The Morgan fingerprint density at radius 1 is 0.329 bits per heavy atom. The van der Waals surface area contributed by atoms with Gasteiger partial charge in [0, 0.05) is 49.3 Å². The van der Waals surface area contributed by atoms with E-state index in [1.165, 1.54) is 92.2 Å². The van der Waals surface area contributed by atoms with Crippen molar-refractivity contribution < 1.29 is 0 Å². The smallest absolute Gasteiger partial charge is 0.0754 e. The van der Waals surface area contributed by atoms with Gasteiger partial charge in [-0.25, -0.2) is 0 Å². The molecule has 2 heterocycles. The molecule has 0 atom stereocenters. The highest BCUT2D eigenvalue weighted by molar-refractivity contribution is 7.26. The van der Waals surface area contributed by atoms with Gasteiger partial charge in [-0.05, 0) is 134 Å². The van der Waals surface area contributed by atoms with E-state index in [1.54, 1.807) is 0 Å². The first-order valence-corrected chi connectivity index (χ1v) is 25.9. The lowest BCUT2D eigenvalue weighted by Gasteiger charge is -2.45. The second kappa shape index (κ2) is 16.4. The van der Waals surface area contributed by atoms with Crippen molar-refractivity contribution >= 4 is 104 Å². The van der Waals surface area contributed by atoms with Crippen molar-refractivity contribution in [1.29, 1.82) is 0 Å². The standard InChI is InChI=1S/C69H45N3S/c1-5-24-47(25-6-1)70(48-26-7-2-8-27-48)64-43-46-23-13-14-32-52(46)67-66-55-35-16-15-34-54(55)63(45-65(66)73-68(64)67)71(49-28-9-3-10-29-49)51-41-42-58-56(44-51)53-33-17-18-36-57(53)69(58)59-37-19-21-39-61(59)72(50-30-11-4-12-31-50)62-40-22-20-38-60(62)69/h1-45H. The Kier molecular flexibility index (Phi) is 9.35. The third-order valence-corrected chi connectivity index (χ3v) is 16.5. The fraction of sp³-hybridized carbons (Fsp3) is 0.0145. The third-order valence-electron chi connectivity index (χ3n) is 15.4. The van der Waals surface area contributed by atoms with Crippen LogP contribution in [-0.4, -0.2) is 0 Å². The minimum absolute atomic E-state index is 0.545. The number of anilines is 9. The molecule has 0 saturated carbocycles. The number of benzene rings is 12. The molecule has 0 amide bonds. The maximum absolute atomic E-state index is 2.50. The van der Waals surface area contributed by atoms with E-state index < -0.39 is 5.41 Å². The fourth-order valence-electron chi connectivity index (χ4n) is 12.5. The zero-order valence-electron chi connectivity index (χ0n) is 39.7. The van der Waals surface area contributed by atoms with E-state index in [9.17, 15) is 0 Å². The van der Waals surface area contributed by atoms with Crippen LogP contribution in [0.25, 0.3) is 52.8 Å². The topological polar surface area (TPSA) is 9.72 Å². The van der Waals surface area contributed by atoms with E-state index in [4.69, 9.17) is 0 Å². The summed E-state index contributed by atoms with van der Waals surface area (Å²) in [5.74, 6) is 0. The SMILES string of the molecule is c1ccc(N2c3ccccc3C3(c4ccccc4-c4cc(N(c5ccccc5)c5cc6sc7c(N(c8ccccc8)c8ccccc8)cc8ccccc8c7c6c6ccccc56)ccc43)c3ccccc32)cc1. The Balaban J connectivity index is 0.986. The molecule has 73 heavy (non-hydrogen) atoms. The minimum Gasteiger partial charge on any atom is -0.310 e. The maximum atomic E-state index is 2.50. The average Bonchev–Trinajstić information content (AvgIpc) is 4.00. The number of hydrogen-bond donors (Lipinski definition) is 0. The van der Waals surface area contributed by atoms with Gasteiger partial charge in [0.1, 0.15) is 0 Å². The molecule has 0 bridgehead atoms. The Bertz CT molecular complexity index is 4190. The summed E-state index contributed by atoms with van der Waals surface area (Å²) < 4.78 is 2.50. The largest absolute Gasteiger partial charge is 0.310 e. The molecule has 2 aliphatic rings. The summed E-state index contributed by atoms with van der Waals surface area (Å²) in [4.78, 5) is 7.38. The molecule has 1 aromatic heterocycles. The highest BCUT2D eigenvalue weighted by Crippen LogP contribution is 2.64. The van der Waals surface area contributed by atoms with Crippen LogP contribution in [0.1, 0.15) is 22.3 Å². The van der Waals surface area contributed by atoms with Crippen LogP contribution >= 0.6 is 11.3 Å². The first-order chi connectivity index (χ1) is 36.3. The van der Waals surface area contributed by atoms with Crippen molar-refractivity contribution in [2.75, 3.05) is 14.7 Å². The predicted octanol–water partition coefficient (Wildman–Crippen LogP) is 19.4. The molecule has 0 fully saturated rings. The number of para-hydroxylation sites is 6. The van der Waals surface area contributed by atoms with Gasteiger partial charge in [-0.3, -0.25) is 0 Å². The lowest BCUT2D eigenvalue weighted by Crippen LogP contribution is -2.36. The molecule has 13 aromatic rings. The number of nitrogens with zero attached hydrogens (tertiary/aromatic N) is 3. The van der Waals surface area contributed by atoms with Crippen molar-refractivity contribution in [3.63, 3.8) is 0 Å². The summed E-state index contributed by atoms with van der Waals surface area (Å²) in [6.07, 6.45) is 0. The van der Waals surface area contributed by atoms with Crippen molar-refractivity contribution in [3.8, 4) is 11.1 Å². The molecule has 1 aliphatic carbocycles. The molecule has 0 radical (unpaired) electrons. The summed E-state index contributed by atoms with van der Waals surface area (Å²) in [7, 11) is 0. The molecule has 4 heteroatoms. The van der Waals surface area contributed by atoms with Gasteiger partial charge in [0.25, 0.3) is 0 Å². The number of rotatable bonds is 7. The van der Waals surface area contributed by atoms with Gasteiger partial charge < -0.3 is 14.7 Å². The zero-order chi connectivity index (χ0) is 48.0. The van der Waals surface area contributed by atoms with E-state index in [1.807, 2.05) is 11.3 Å². The van der Waals surface area contributed by atoms with Crippen molar-refractivity contribution in [3.05, 3.63) is 295 Å². The van der Waals surface area contributed by atoms with Gasteiger partial charge in [-0.2, -0.15) is 0 Å². The highest BCUT2D eigenvalue weighted by Gasteiger charge is 2.51. The predicted molar refractivity (Wildman–Crippen MR) is 309 cm³/mol. The lowest BCUT2D eigenvalue weighted by molar-refractivity contribution is 0.752. The molecule has 15 rings (SSSR count). The van der Waals surface area contributed by atoms with Crippen LogP contribution in [0.2, 0.25) is 0 Å². The molecule has 3 nitrogen and oxygen atoms in total. The maximum Gasteiger partial charge on any atom is 0.0754 e. The van der Waals surface area contributed by atoms with E-state index in [2.05, 4.69) is 288 Å². The van der Waals surface area contributed by atoms with Gasteiger partial charge >= 0.3 is 0 Å². The Labute approximate surface area is 428 Å². The molecular formula is C69H45N3S. The molecule has 342 valence electrons. The summed E-state index contributed by atoms with van der Waals surface area (Å²) in [6, 6.07) is 101. The third kappa shape index (κ3) is 6.11. The first kappa shape index (κ1) is 41.6. The van der Waals surface area contributed by atoms with Gasteiger partial charge in [-0.1, -0.05) is 188 Å². The Morgan fingerprint density at radius 3 is 1.47 bits per heavy atom. The second-order valence-corrected chi connectivity index (χ2v) is 20.2. The summed E-state index contributed by atoms with van der Waals surface area (Å²) in [5.41, 5.74) is 17.4. The monoisotopic (exact) mass is 947 g/mol. The van der Waals surface area contributed by atoms with E-state index in [0.717, 1.165) is 34.1 Å². The molecule has 0 unspecified atom stereocenters. The first-order valence-electron chi connectivity index (χ1n) is 25.1. The van der Waals surface area contributed by atoms with Crippen molar-refractivity contribution in [2.24, 2.45) is 0 Å². The molecular weight excluding hydrogens is 903 g/mol. The normalized spacial score (nSPS) is 13.0. The number of thiophene rings is 1. The van der Waals surface area contributed by atoms with Crippen LogP contribution in [0.4, 0.5) is 51.2 Å². The van der Waals surface area contributed by atoms with Crippen LogP contribution in [0.3, 0.4) is 0 Å². The van der Waals surface area contributed by atoms with Crippen LogP contribution in [0, 0.1) is 0 Å². The molecule has 1 spiro atoms. The Hall–Kier alpha value is -9.22. The van der Waals surface area contributed by atoms with Crippen LogP contribution < -0.4 is 14.7 Å². The van der Waals surface area contributed by atoms with Gasteiger partial charge in [0.15, 0.2) is 0 Å². The molecule has 0 saturated heterocycles. The Morgan fingerprint density at radius 2 is 0.822 bits per heavy atom. The van der Waals surface area contributed by atoms with Crippen LogP contribution in [-0.2, 0) is 5.41 Å². The van der Waals surface area contributed by atoms with Crippen molar-refractivity contribution in [1.82, 2.24) is 0 Å². The van der Waals surface area contributed by atoms with Crippen molar-refractivity contribution in [2.45, 2.75) is 5.41 Å². The minimum atomic E-state index is -0.545. The number of fused-ring (bicyclic) bond motifs is 16. The molecule has 1 aliphatic heterocycles. The molecule has 0 N–H and O–H groups in total. The summed E-state index contributed by atoms with van der Waals surface area (Å²) >= 11 is 1.90. The van der Waals surface area contributed by atoms with Crippen LogP contribution in [0.15, 0.2) is 273 Å². The summed E-state index contributed by atoms with van der Waals surface area (Å²) in [6.45, 7) is 0. The highest BCUT2D eigenvalue weighted by atomic mass is 32.1. The van der Waals surface area contributed by atoms with E-state index >= 15 is 0 Å². The lowest BCUT2D eigenvalue weighted by atomic mass is 9.64. The molecule has 12 aromatic carbocycles. The van der Waals surface area contributed by atoms with Gasteiger partial charge in [-0.15, -0.1) is 11.3 Å². The second-order valence-electron chi connectivity index (χ2n) is 19.1. The average molecular weight is 948 g/mol. The number of hydrogen-bond acceptors (Lipinski definition) is 4.